The third-order valence-electron chi connectivity index (χ3n) is 5.00. The number of carbonyl (C=O) groups excluding carboxylic acids is 1. The first-order chi connectivity index (χ1) is 12.7. The van der Waals surface area contributed by atoms with E-state index in [1.807, 2.05) is 0 Å². The van der Waals surface area contributed by atoms with Crippen molar-refractivity contribution in [3.8, 4) is 0 Å². The van der Waals surface area contributed by atoms with Gasteiger partial charge in [-0.1, -0.05) is 32.3 Å². The second-order valence-electron chi connectivity index (χ2n) is 6.83. The van der Waals surface area contributed by atoms with Crippen molar-refractivity contribution in [1.82, 2.24) is 9.62 Å². The molecule has 2 rings (SSSR count). The number of hydrogen-bond acceptors (Lipinski definition) is 5. The number of nitrogens with zero attached hydrogens (tertiary/aromatic N) is 1. The second kappa shape index (κ2) is 9.16. The van der Waals surface area contributed by atoms with Gasteiger partial charge in [-0.15, -0.1) is 0 Å². The second-order valence-corrected chi connectivity index (χ2v) is 11.3. The number of amides is 1. The predicted molar refractivity (Wildman–Crippen MR) is 105 cm³/mol. The number of benzene rings is 1. The van der Waals surface area contributed by atoms with Gasteiger partial charge in [-0.2, -0.15) is 4.31 Å². The van der Waals surface area contributed by atoms with Crippen LogP contribution in [-0.2, 0) is 19.9 Å². The normalized spacial score (nSPS) is 16.4. The van der Waals surface area contributed by atoms with Gasteiger partial charge in [-0.05, 0) is 31.0 Å². The van der Waals surface area contributed by atoms with E-state index in [1.165, 1.54) is 28.6 Å². The van der Waals surface area contributed by atoms with Gasteiger partial charge in [0.25, 0.3) is 5.91 Å². The molecule has 0 bridgehead atoms. The summed E-state index contributed by atoms with van der Waals surface area (Å²) in [6, 6.07) is 5.86. The summed E-state index contributed by atoms with van der Waals surface area (Å²) in [7, 11) is -5.26. The molecule has 0 unspecified atom stereocenters. The van der Waals surface area contributed by atoms with Gasteiger partial charge in [0.05, 0.1) is 10.6 Å². The molecule has 0 aliphatic heterocycles. The van der Waals surface area contributed by atoms with Crippen molar-refractivity contribution >= 4 is 25.8 Å². The van der Waals surface area contributed by atoms with Crippen LogP contribution < -0.4 is 5.32 Å². The van der Waals surface area contributed by atoms with E-state index in [0.29, 0.717) is 0 Å². The van der Waals surface area contributed by atoms with Crippen molar-refractivity contribution < 1.29 is 21.6 Å². The lowest BCUT2D eigenvalue weighted by Crippen LogP contribution is -2.38. The zero-order valence-corrected chi connectivity index (χ0v) is 17.5. The molecule has 1 amide bonds. The molecule has 1 saturated carbocycles. The highest BCUT2D eigenvalue weighted by Gasteiger charge is 2.29. The number of carbonyl (C=O) groups is 1. The van der Waals surface area contributed by atoms with Gasteiger partial charge < -0.3 is 5.32 Å². The van der Waals surface area contributed by atoms with E-state index in [-0.39, 0.29) is 34.6 Å². The Hall–Kier alpha value is -1.45. The van der Waals surface area contributed by atoms with Crippen molar-refractivity contribution in [3.63, 3.8) is 0 Å². The van der Waals surface area contributed by atoms with Crippen LogP contribution in [-0.4, -0.2) is 58.2 Å². The molecule has 0 spiro atoms. The summed E-state index contributed by atoms with van der Waals surface area (Å²) < 4.78 is 50.2. The number of sulfonamides is 1. The average Bonchev–Trinajstić information content (AvgIpc) is 2.68. The van der Waals surface area contributed by atoms with E-state index in [2.05, 4.69) is 5.32 Å². The zero-order valence-electron chi connectivity index (χ0n) is 15.8. The van der Waals surface area contributed by atoms with Crippen molar-refractivity contribution in [2.24, 2.45) is 0 Å². The molecule has 152 valence electrons. The van der Waals surface area contributed by atoms with Crippen LogP contribution in [0.3, 0.4) is 0 Å². The first kappa shape index (κ1) is 21.8. The minimum atomic E-state index is -3.68. The topological polar surface area (TPSA) is 101 Å². The van der Waals surface area contributed by atoms with Crippen LogP contribution in [0.2, 0.25) is 0 Å². The van der Waals surface area contributed by atoms with E-state index in [1.54, 1.807) is 14.0 Å². The molecule has 1 aliphatic carbocycles. The van der Waals surface area contributed by atoms with E-state index in [4.69, 9.17) is 0 Å². The molecular formula is C18H28N2O5S2. The SMILES string of the molecule is CCS(=O)(=O)CCNC(=O)c1cccc(S(=O)(=O)N(C)C2CCCCC2)c1. The number of hydrogen-bond donors (Lipinski definition) is 1. The average molecular weight is 417 g/mol. The van der Waals surface area contributed by atoms with Crippen molar-refractivity contribution in [2.75, 3.05) is 25.1 Å². The van der Waals surface area contributed by atoms with E-state index in [9.17, 15) is 21.6 Å². The van der Waals surface area contributed by atoms with Crippen molar-refractivity contribution in [3.05, 3.63) is 29.8 Å². The van der Waals surface area contributed by atoms with Gasteiger partial charge in [0.15, 0.2) is 9.84 Å². The van der Waals surface area contributed by atoms with E-state index >= 15 is 0 Å². The molecule has 1 aromatic rings. The van der Waals surface area contributed by atoms with E-state index < -0.39 is 25.8 Å². The van der Waals surface area contributed by atoms with Gasteiger partial charge in [0, 0.05) is 31.0 Å². The lowest BCUT2D eigenvalue weighted by Gasteiger charge is -2.30. The van der Waals surface area contributed by atoms with Gasteiger partial charge >= 0.3 is 0 Å². The molecular weight excluding hydrogens is 388 g/mol. The fourth-order valence-corrected chi connectivity index (χ4v) is 5.34. The maximum atomic E-state index is 12.9. The zero-order chi connectivity index (χ0) is 20.1. The van der Waals surface area contributed by atoms with Crippen molar-refractivity contribution in [1.29, 1.82) is 0 Å². The van der Waals surface area contributed by atoms with Crippen LogP contribution in [0.15, 0.2) is 29.2 Å². The Kier molecular flexibility index (Phi) is 7.41. The molecule has 7 nitrogen and oxygen atoms in total. The highest BCUT2D eigenvalue weighted by atomic mass is 32.2. The third kappa shape index (κ3) is 5.76. The van der Waals surface area contributed by atoms with E-state index in [0.717, 1.165) is 32.1 Å². The first-order valence-corrected chi connectivity index (χ1v) is 12.5. The Bertz CT molecular complexity index is 859. The number of nitrogens with one attached hydrogen (secondary N) is 1. The summed E-state index contributed by atoms with van der Waals surface area (Å²) in [6.45, 7) is 1.54. The molecule has 1 fully saturated rings. The van der Waals surface area contributed by atoms with Gasteiger partial charge in [-0.25, -0.2) is 16.8 Å². The van der Waals surface area contributed by atoms with Crippen LogP contribution in [0, 0.1) is 0 Å². The Morgan fingerprint density at radius 1 is 1.15 bits per heavy atom. The summed E-state index contributed by atoms with van der Waals surface area (Å²) in [5, 5.41) is 2.53. The summed E-state index contributed by atoms with van der Waals surface area (Å²) in [5.41, 5.74) is 0.196. The highest BCUT2D eigenvalue weighted by Crippen LogP contribution is 2.26. The summed E-state index contributed by atoms with van der Waals surface area (Å²) in [4.78, 5) is 12.3. The number of sulfone groups is 1. The van der Waals surface area contributed by atoms with Gasteiger partial charge in [0.1, 0.15) is 0 Å². The van der Waals surface area contributed by atoms with Gasteiger partial charge in [0.2, 0.25) is 10.0 Å². The Morgan fingerprint density at radius 3 is 2.44 bits per heavy atom. The first-order valence-electron chi connectivity index (χ1n) is 9.24. The fourth-order valence-electron chi connectivity index (χ4n) is 3.17. The third-order valence-corrected chi connectivity index (χ3v) is 8.61. The van der Waals surface area contributed by atoms with Crippen LogP contribution in [0.1, 0.15) is 49.4 Å². The maximum absolute atomic E-state index is 12.9. The monoisotopic (exact) mass is 416 g/mol. The summed E-state index contributed by atoms with van der Waals surface area (Å²) >= 11 is 0. The van der Waals surface area contributed by atoms with Crippen LogP contribution in [0.5, 0.6) is 0 Å². The summed E-state index contributed by atoms with van der Waals surface area (Å²) in [6.07, 6.45) is 4.87. The highest BCUT2D eigenvalue weighted by molar-refractivity contribution is 7.91. The number of rotatable bonds is 8. The van der Waals surface area contributed by atoms with Gasteiger partial charge in [-0.3, -0.25) is 4.79 Å². The molecule has 0 heterocycles. The molecule has 0 aromatic heterocycles. The minimum Gasteiger partial charge on any atom is -0.351 e. The van der Waals surface area contributed by atoms with Crippen LogP contribution in [0.4, 0.5) is 0 Å². The molecule has 1 N–H and O–H groups in total. The minimum absolute atomic E-state index is 0.00599. The molecule has 9 heteroatoms. The fraction of sp³-hybridized carbons (Fsp3) is 0.611. The van der Waals surface area contributed by atoms with Crippen LogP contribution in [0.25, 0.3) is 0 Å². The Labute approximate surface area is 162 Å². The van der Waals surface area contributed by atoms with Crippen LogP contribution >= 0.6 is 0 Å². The predicted octanol–water partition coefficient (Wildman–Crippen LogP) is 1.80. The Morgan fingerprint density at radius 2 is 1.81 bits per heavy atom. The summed E-state index contributed by atoms with van der Waals surface area (Å²) in [5.74, 6) is -0.611. The molecule has 1 aromatic carbocycles. The smallest absolute Gasteiger partial charge is 0.251 e. The Balaban J connectivity index is 2.10. The standard InChI is InChI=1S/C18H28N2O5S2/c1-3-26(22,23)13-12-19-18(21)15-8-7-11-17(14-15)27(24,25)20(2)16-9-5-4-6-10-16/h7-8,11,14,16H,3-6,9-10,12-13H2,1-2H3,(H,19,21). The molecule has 0 atom stereocenters. The van der Waals surface area contributed by atoms with Crippen molar-refractivity contribution in [2.45, 2.75) is 50.0 Å². The largest absolute Gasteiger partial charge is 0.351 e. The molecule has 0 radical (unpaired) electrons. The molecule has 0 saturated heterocycles. The molecule has 1 aliphatic rings. The quantitative estimate of drug-likeness (QED) is 0.696. The lowest BCUT2D eigenvalue weighted by atomic mass is 9.96. The maximum Gasteiger partial charge on any atom is 0.251 e. The molecule has 27 heavy (non-hydrogen) atoms. The lowest BCUT2D eigenvalue weighted by molar-refractivity contribution is 0.0956.